The van der Waals surface area contributed by atoms with E-state index in [-0.39, 0.29) is 5.54 Å². The molecule has 0 rings (SSSR count). The van der Waals surface area contributed by atoms with E-state index in [1.165, 1.54) is 256 Å². The maximum absolute atomic E-state index is 12.6. The van der Waals surface area contributed by atoms with Crippen LogP contribution in [0.1, 0.15) is 304 Å². The number of nitrogens with one attached hydrogen (secondary N) is 1. The van der Waals surface area contributed by atoms with Gasteiger partial charge in [-0.05, 0) is 45.2 Å². The van der Waals surface area contributed by atoms with Crippen molar-refractivity contribution in [2.75, 3.05) is 52.4 Å². The Morgan fingerprint density at radius 2 is 0.758 bits per heavy atom. The Hall–Kier alpha value is 0.0369. The maximum atomic E-state index is 12.6. The molecule has 0 bridgehead atoms. The fourth-order valence-corrected chi connectivity index (χ4v) is 12.2. The van der Waals surface area contributed by atoms with Gasteiger partial charge in [0.1, 0.15) is 0 Å². The first-order chi connectivity index (χ1) is 32.6. The second-order valence-corrected chi connectivity index (χ2v) is 23.6. The summed E-state index contributed by atoms with van der Waals surface area (Å²) in [7, 11) is 0.225. The third-order valence-electron chi connectivity index (χ3n) is 14.0. The third kappa shape index (κ3) is 49.0. The molecule has 0 spiro atoms. The topological polar surface area (TPSA) is 66.0 Å². The summed E-state index contributed by atoms with van der Waals surface area (Å²) < 4.78 is 25.0. The molecular formula is C58H119NO5SSi. The average molecular weight is 971 g/mol. The highest BCUT2D eigenvalue weighted by Crippen LogP contribution is 2.26. The molecule has 0 aromatic rings. The zero-order chi connectivity index (χ0) is 48.0. The summed E-state index contributed by atoms with van der Waals surface area (Å²) in [5, 5.41) is 4.20. The number of unbranched alkanes of at least 4 members (excludes halogenated alkanes) is 35. The van der Waals surface area contributed by atoms with Crippen LogP contribution in [0.2, 0.25) is 6.04 Å². The Morgan fingerprint density at radius 3 is 1.15 bits per heavy atom. The summed E-state index contributed by atoms with van der Waals surface area (Å²) in [6.07, 6.45) is 57.1. The van der Waals surface area contributed by atoms with Crippen LogP contribution in [0.15, 0.2) is 0 Å². The minimum atomic E-state index is -1.96. The summed E-state index contributed by atoms with van der Waals surface area (Å²) in [5.41, 5.74) is -0.00453. The van der Waals surface area contributed by atoms with E-state index in [1.807, 2.05) is 0 Å². The lowest BCUT2D eigenvalue weighted by molar-refractivity contribution is -0.111. The van der Waals surface area contributed by atoms with E-state index < -0.39 is 9.28 Å². The highest BCUT2D eigenvalue weighted by molar-refractivity contribution is 8.13. The van der Waals surface area contributed by atoms with Gasteiger partial charge in [-0.3, -0.25) is 4.79 Å². The van der Waals surface area contributed by atoms with E-state index in [1.54, 1.807) is 0 Å². The number of ether oxygens (including phenoxy) is 2. The van der Waals surface area contributed by atoms with E-state index in [4.69, 9.17) is 18.3 Å². The molecule has 0 fully saturated rings. The summed E-state index contributed by atoms with van der Waals surface area (Å²) in [6, 6.07) is 0.939. The first-order valence-corrected chi connectivity index (χ1v) is 32.5. The predicted octanol–water partition coefficient (Wildman–Crippen LogP) is 18.3. The first kappa shape index (κ1) is 66.0. The molecule has 0 aromatic heterocycles. The average Bonchev–Trinajstić information content (AvgIpc) is 3.33. The van der Waals surface area contributed by atoms with Crippen LogP contribution in [0, 0.1) is 0 Å². The Labute approximate surface area is 420 Å². The van der Waals surface area contributed by atoms with Gasteiger partial charge < -0.3 is 23.6 Å². The molecular weight excluding hydrogens is 851 g/mol. The van der Waals surface area contributed by atoms with Crippen molar-refractivity contribution >= 4 is 26.2 Å². The van der Waals surface area contributed by atoms with E-state index in [0.29, 0.717) is 38.0 Å². The Morgan fingerprint density at radius 1 is 0.409 bits per heavy atom. The molecule has 396 valence electrons. The Balaban J connectivity index is 5.01. The largest absolute Gasteiger partial charge is 0.395 e. The third-order valence-corrected chi connectivity index (χ3v) is 17.0. The number of carbonyl (C=O) groups excluding carboxylic acids is 1. The molecule has 0 amide bonds. The second-order valence-electron chi connectivity index (χ2n) is 20.4. The molecule has 0 saturated heterocycles. The van der Waals surface area contributed by atoms with Gasteiger partial charge in [0.05, 0.1) is 33.0 Å². The van der Waals surface area contributed by atoms with Crippen molar-refractivity contribution < 1.29 is 23.1 Å². The van der Waals surface area contributed by atoms with Crippen LogP contribution in [-0.4, -0.2) is 72.4 Å². The molecule has 6 nitrogen and oxygen atoms in total. The van der Waals surface area contributed by atoms with Crippen molar-refractivity contribution in [3.63, 3.8) is 0 Å². The number of carbonyl (C=O) groups is 1. The monoisotopic (exact) mass is 970 g/mol. The summed E-state index contributed by atoms with van der Waals surface area (Å²) >= 11 is 1.53. The summed E-state index contributed by atoms with van der Waals surface area (Å²) in [6.45, 7) is 13.0. The van der Waals surface area contributed by atoms with E-state index in [0.717, 1.165) is 50.7 Å². The van der Waals surface area contributed by atoms with Crippen LogP contribution in [-0.2, 0) is 23.1 Å². The molecule has 0 radical (unpaired) electrons. The van der Waals surface area contributed by atoms with E-state index in [2.05, 4.69) is 40.1 Å². The fraction of sp³-hybridized carbons (Fsp3) is 0.983. The standard InChI is InChI=1S/C58H119NO5SSi/c1-6-10-14-17-19-21-23-25-27-29-31-33-35-37-40-43-47-58(59-5,48-44-41-38-36-34-32-30-28-26-24-22-20-18-15-11-7-2)56-64-66(63-53-52-62-51-50-61-49-13-9-4)55-45-54-65-57(60)46-42-39-16-12-8-3/h59,66H,6-56H2,1-5H3. The predicted molar refractivity (Wildman–Crippen MR) is 296 cm³/mol. The van der Waals surface area contributed by atoms with Gasteiger partial charge in [0, 0.05) is 24.3 Å². The van der Waals surface area contributed by atoms with E-state index in [9.17, 15) is 4.79 Å². The van der Waals surface area contributed by atoms with Crippen molar-refractivity contribution in [1.29, 1.82) is 0 Å². The van der Waals surface area contributed by atoms with Crippen molar-refractivity contribution in [2.24, 2.45) is 0 Å². The molecule has 0 aromatic carbocycles. The van der Waals surface area contributed by atoms with Crippen molar-refractivity contribution in [3.05, 3.63) is 0 Å². The van der Waals surface area contributed by atoms with Gasteiger partial charge in [-0.15, -0.1) is 0 Å². The number of thioether (sulfide) groups is 1. The zero-order valence-electron chi connectivity index (χ0n) is 45.6. The highest BCUT2D eigenvalue weighted by atomic mass is 32.2. The lowest BCUT2D eigenvalue weighted by atomic mass is 9.87. The summed E-state index contributed by atoms with van der Waals surface area (Å²) in [5.74, 6) is 0.866. The molecule has 8 heteroatoms. The SMILES string of the molecule is CCCCCCCCCCCCCCCCCCC(CCCCCCCCCCCCCCCCCC)(CO[SiH](CCCSC(=O)CCCCCCC)OCCOCCOCCCC)NC. The minimum Gasteiger partial charge on any atom is -0.395 e. The van der Waals surface area contributed by atoms with Crippen molar-refractivity contribution in [3.8, 4) is 0 Å². The smallest absolute Gasteiger partial charge is 0.321 e. The van der Waals surface area contributed by atoms with Gasteiger partial charge in [0.2, 0.25) is 0 Å². The quantitative estimate of drug-likeness (QED) is 0.0481. The maximum Gasteiger partial charge on any atom is 0.321 e. The van der Waals surface area contributed by atoms with Gasteiger partial charge in [-0.1, -0.05) is 277 Å². The van der Waals surface area contributed by atoms with Crippen LogP contribution in [0.3, 0.4) is 0 Å². The molecule has 1 atom stereocenters. The van der Waals surface area contributed by atoms with Gasteiger partial charge >= 0.3 is 9.28 Å². The van der Waals surface area contributed by atoms with Gasteiger partial charge in [0.25, 0.3) is 0 Å². The normalized spacial score (nSPS) is 12.4. The van der Waals surface area contributed by atoms with Gasteiger partial charge in [0.15, 0.2) is 5.12 Å². The fourth-order valence-electron chi connectivity index (χ4n) is 9.27. The number of hydrogen-bond donors (Lipinski definition) is 1. The van der Waals surface area contributed by atoms with Crippen LogP contribution in [0.25, 0.3) is 0 Å². The lowest BCUT2D eigenvalue weighted by Crippen LogP contribution is -2.49. The zero-order valence-corrected chi connectivity index (χ0v) is 47.6. The number of likely N-dealkylation sites (N-methyl/N-ethyl adjacent to an activating group) is 1. The van der Waals surface area contributed by atoms with E-state index >= 15 is 0 Å². The summed E-state index contributed by atoms with van der Waals surface area (Å²) in [4.78, 5) is 12.6. The molecule has 1 N–H and O–H groups in total. The second kappa shape index (κ2) is 56.0. The van der Waals surface area contributed by atoms with Gasteiger partial charge in [-0.25, -0.2) is 0 Å². The molecule has 66 heavy (non-hydrogen) atoms. The molecule has 1 unspecified atom stereocenters. The Bertz CT molecular complexity index is 894. The van der Waals surface area contributed by atoms with Crippen molar-refractivity contribution in [1.82, 2.24) is 5.32 Å². The molecule has 0 saturated carbocycles. The lowest BCUT2D eigenvalue weighted by Gasteiger charge is -2.35. The Kier molecular flexibility index (Phi) is 56.0. The number of hydrogen-bond acceptors (Lipinski definition) is 7. The van der Waals surface area contributed by atoms with Crippen LogP contribution in [0.4, 0.5) is 0 Å². The van der Waals surface area contributed by atoms with Crippen molar-refractivity contribution in [2.45, 2.75) is 315 Å². The highest BCUT2D eigenvalue weighted by Gasteiger charge is 2.29. The molecule has 0 aliphatic rings. The number of rotatable bonds is 58. The minimum absolute atomic E-state index is 0.00453. The molecule has 0 aliphatic heterocycles. The molecule has 0 heterocycles. The first-order valence-electron chi connectivity index (χ1n) is 29.8. The van der Waals surface area contributed by atoms with Crippen LogP contribution < -0.4 is 5.32 Å². The van der Waals surface area contributed by atoms with Crippen LogP contribution in [0.5, 0.6) is 0 Å². The van der Waals surface area contributed by atoms with Gasteiger partial charge in [-0.2, -0.15) is 0 Å². The van der Waals surface area contributed by atoms with Crippen LogP contribution >= 0.6 is 11.8 Å². The molecule has 0 aliphatic carbocycles.